The second-order valence-corrected chi connectivity index (χ2v) is 5.75. The Kier molecular flexibility index (Phi) is 4.24. The molecule has 0 atom stereocenters. The van der Waals surface area contributed by atoms with Gasteiger partial charge in [-0.2, -0.15) is 13.2 Å². The molecule has 2 aromatic heterocycles. The van der Waals surface area contributed by atoms with Gasteiger partial charge in [-0.25, -0.2) is 4.98 Å². The van der Waals surface area contributed by atoms with Crippen LogP contribution in [0.5, 0.6) is 0 Å². The van der Waals surface area contributed by atoms with Crippen LogP contribution in [0, 0.1) is 6.92 Å². The Labute approximate surface area is 142 Å². The van der Waals surface area contributed by atoms with Gasteiger partial charge in [-0.15, -0.1) is 0 Å². The molecule has 3 aromatic rings. The molecule has 0 spiro atoms. The molecule has 3 rings (SSSR count). The predicted octanol–water partition coefficient (Wildman–Crippen LogP) is 4.21. The Balaban J connectivity index is 1.97. The number of pyridine rings is 1. The van der Waals surface area contributed by atoms with Crippen molar-refractivity contribution >= 4 is 17.4 Å². The molecule has 0 N–H and O–H groups in total. The van der Waals surface area contributed by atoms with Crippen LogP contribution in [0.15, 0.2) is 48.7 Å². The minimum absolute atomic E-state index is 0.164. The minimum Gasteiger partial charge on any atom is -0.292 e. The minimum atomic E-state index is -4.38. The molecule has 0 saturated heterocycles. The summed E-state index contributed by atoms with van der Waals surface area (Å²) in [5, 5.41) is 0. The molecule has 0 aliphatic heterocycles. The average molecular weight is 347 g/mol. The van der Waals surface area contributed by atoms with Crippen molar-refractivity contribution in [1.82, 2.24) is 9.38 Å². The molecule has 0 radical (unpaired) electrons. The highest BCUT2D eigenvalue weighted by atomic mass is 19.4. The number of aryl methyl sites for hydroxylation is 1. The summed E-state index contributed by atoms with van der Waals surface area (Å²) in [4.78, 5) is 18.1. The van der Waals surface area contributed by atoms with Gasteiger partial charge in [-0.1, -0.05) is 18.2 Å². The molecule has 7 heteroatoms. The number of alkyl halides is 3. The molecule has 0 aliphatic rings. The second-order valence-electron chi connectivity index (χ2n) is 5.75. The van der Waals surface area contributed by atoms with Crippen molar-refractivity contribution in [2.45, 2.75) is 26.6 Å². The highest BCUT2D eigenvalue weighted by Crippen LogP contribution is 2.30. The fourth-order valence-electron chi connectivity index (χ4n) is 2.74. The van der Waals surface area contributed by atoms with Gasteiger partial charge in [0, 0.05) is 13.1 Å². The van der Waals surface area contributed by atoms with Crippen molar-refractivity contribution in [2.24, 2.45) is 0 Å². The molecule has 0 unspecified atom stereocenters. The Bertz CT molecular complexity index is 913. The van der Waals surface area contributed by atoms with Gasteiger partial charge in [0.15, 0.2) is 0 Å². The summed E-state index contributed by atoms with van der Waals surface area (Å²) in [6.45, 7) is 3.38. The average Bonchev–Trinajstić information content (AvgIpc) is 2.87. The lowest BCUT2D eigenvalue weighted by atomic mass is 10.1. The van der Waals surface area contributed by atoms with Crippen molar-refractivity contribution < 1.29 is 18.0 Å². The first-order chi connectivity index (χ1) is 11.8. The molecule has 130 valence electrons. The fraction of sp³-hybridized carbons (Fsp3) is 0.222. The molecule has 1 amide bonds. The second kappa shape index (κ2) is 6.23. The molecule has 4 nitrogen and oxygen atoms in total. The number of hydrogen-bond donors (Lipinski definition) is 0. The summed E-state index contributed by atoms with van der Waals surface area (Å²) < 4.78 is 39.8. The smallest absolute Gasteiger partial charge is 0.292 e. The zero-order chi connectivity index (χ0) is 18.2. The Morgan fingerprint density at radius 1 is 1.16 bits per heavy atom. The first-order valence-corrected chi connectivity index (χ1v) is 7.65. The van der Waals surface area contributed by atoms with E-state index in [0.29, 0.717) is 22.7 Å². The van der Waals surface area contributed by atoms with Crippen LogP contribution in [0.3, 0.4) is 0 Å². The van der Waals surface area contributed by atoms with Gasteiger partial charge in [0.05, 0.1) is 17.8 Å². The standard InChI is InChI=1S/C18H16F3N3O/c1-12-17(23-10-4-3-5-16(23)22-12)24(13(2)25)11-14-6-8-15(9-7-14)18(19,20)21/h3-10H,11H2,1-2H3. The van der Waals surface area contributed by atoms with Crippen molar-refractivity contribution in [2.75, 3.05) is 4.90 Å². The first kappa shape index (κ1) is 17.0. The normalized spacial score (nSPS) is 11.7. The number of anilines is 1. The van der Waals surface area contributed by atoms with Crippen LogP contribution in [-0.4, -0.2) is 15.3 Å². The van der Waals surface area contributed by atoms with Crippen LogP contribution in [0.2, 0.25) is 0 Å². The van der Waals surface area contributed by atoms with E-state index in [-0.39, 0.29) is 12.5 Å². The van der Waals surface area contributed by atoms with Crippen molar-refractivity contribution in [3.63, 3.8) is 0 Å². The van der Waals surface area contributed by atoms with Crippen molar-refractivity contribution in [3.05, 3.63) is 65.5 Å². The number of carbonyl (C=O) groups excluding carboxylic acids is 1. The first-order valence-electron chi connectivity index (χ1n) is 7.65. The maximum Gasteiger partial charge on any atom is 0.416 e. The molecular formula is C18H16F3N3O. The van der Waals surface area contributed by atoms with E-state index in [4.69, 9.17) is 0 Å². The quantitative estimate of drug-likeness (QED) is 0.712. The van der Waals surface area contributed by atoms with Crippen LogP contribution in [0.1, 0.15) is 23.7 Å². The van der Waals surface area contributed by atoms with Crippen LogP contribution in [0.4, 0.5) is 19.0 Å². The van der Waals surface area contributed by atoms with E-state index in [9.17, 15) is 18.0 Å². The molecule has 0 bridgehead atoms. The number of benzene rings is 1. The number of halogens is 3. The summed E-state index contributed by atoms with van der Waals surface area (Å²) in [6.07, 6.45) is -2.58. The number of rotatable bonds is 3. The van der Waals surface area contributed by atoms with E-state index >= 15 is 0 Å². The third-order valence-corrected chi connectivity index (χ3v) is 3.93. The van der Waals surface area contributed by atoms with E-state index in [1.165, 1.54) is 24.0 Å². The maximum absolute atomic E-state index is 12.7. The number of carbonyl (C=O) groups is 1. The number of aromatic nitrogens is 2. The molecule has 1 aromatic carbocycles. The predicted molar refractivity (Wildman–Crippen MR) is 88.2 cm³/mol. The number of nitrogens with zero attached hydrogens (tertiary/aromatic N) is 3. The Morgan fingerprint density at radius 3 is 2.44 bits per heavy atom. The maximum atomic E-state index is 12.7. The van der Waals surface area contributed by atoms with Crippen molar-refractivity contribution in [3.8, 4) is 0 Å². The number of imidazole rings is 1. The molecule has 25 heavy (non-hydrogen) atoms. The monoisotopic (exact) mass is 347 g/mol. The van der Waals surface area contributed by atoms with Gasteiger partial charge in [-0.3, -0.25) is 14.1 Å². The summed E-state index contributed by atoms with van der Waals surface area (Å²) in [5.74, 6) is 0.400. The fourth-order valence-corrected chi connectivity index (χ4v) is 2.74. The molecule has 0 saturated carbocycles. The summed E-state index contributed by atoms with van der Waals surface area (Å²) in [7, 11) is 0. The number of hydrogen-bond acceptors (Lipinski definition) is 2. The highest BCUT2D eigenvalue weighted by molar-refractivity contribution is 5.91. The summed E-state index contributed by atoms with van der Waals surface area (Å²) in [5.41, 5.74) is 1.27. The van der Waals surface area contributed by atoms with Crippen LogP contribution < -0.4 is 4.90 Å². The van der Waals surface area contributed by atoms with Crippen LogP contribution in [0.25, 0.3) is 5.65 Å². The third kappa shape index (κ3) is 3.35. The SMILES string of the molecule is CC(=O)N(Cc1ccc(C(F)(F)F)cc1)c1c(C)nc2ccccn12. The van der Waals surface area contributed by atoms with E-state index in [0.717, 1.165) is 12.1 Å². The van der Waals surface area contributed by atoms with E-state index in [1.807, 2.05) is 18.2 Å². The van der Waals surface area contributed by atoms with Gasteiger partial charge in [0.25, 0.3) is 0 Å². The highest BCUT2D eigenvalue weighted by Gasteiger charge is 2.30. The van der Waals surface area contributed by atoms with Gasteiger partial charge < -0.3 is 0 Å². The lowest BCUT2D eigenvalue weighted by Gasteiger charge is -2.22. The topological polar surface area (TPSA) is 37.6 Å². The lowest BCUT2D eigenvalue weighted by molar-refractivity contribution is -0.137. The van der Waals surface area contributed by atoms with E-state index in [2.05, 4.69) is 4.98 Å². The van der Waals surface area contributed by atoms with Gasteiger partial charge >= 0.3 is 6.18 Å². The molecule has 0 aliphatic carbocycles. The zero-order valence-electron chi connectivity index (χ0n) is 13.7. The zero-order valence-corrected chi connectivity index (χ0v) is 13.7. The van der Waals surface area contributed by atoms with Gasteiger partial charge in [0.2, 0.25) is 5.91 Å². The largest absolute Gasteiger partial charge is 0.416 e. The molecular weight excluding hydrogens is 331 g/mol. The number of fused-ring (bicyclic) bond motifs is 1. The number of amides is 1. The third-order valence-electron chi connectivity index (χ3n) is 3.93. The summed E-state index contributed by atoms with van der Waals surface area (Å²) in [6, 6.07) is 10.3. The Morgan fingerprint density at radius 2 is 1.84 bits per heavy atom. The summed E-state index contributed by atoms with van der Waals surface area (Å²) >= 11 is 0. The van der Waals surface area contributed by atoms with Crippen LogP contribution >= 0.6 is 0 Å². The van der Waals surface area contributed by atoms with Crippen molar-refractivity contribution in [1.29, 1.82) is 0 Å². The van der Waals surface area contributed by atoms with E-state index in [1.54, 1.807) is 17.5 Å². The van der Waals surface area contributed by atoms with E-state index < -0.39 is 11.7 Å². The Hall–Kier alpha value is -2.83. The molecule has 0 fully saturated rings. The van der Waals surface area contributed by atoms with Crippen LogP contribution in [-0.2, 0) is 17.5 Å². The lowest BCUT2D eigenvalue weighted by Crippen LogP contribution is -2.29. The van der Waals surface area contributed by atoms with Gasteiger partial charge in [-0.05, 0) is 36.8 Å². The van der Waals surface area contributed by atoms with Gasteiger partial charge in [0.1, 0.15) is 11.5 Å². The molecule has 2 heterocycles.